The fraction of sp³-hybridized carbons (Fsp3) is 0.465. The van der Waals surface area contributed by atoms with Gasteiger partial charge in [-0.3, -0.25) is 38.8 Å². The molecule has 1 saturated carbocycles. The van der Waals surface area contributed by atoms with E-state index < -0.39 is 62.2 Å². The minimum atomic E-state index is -3.61. The van der Waals surface area contributed by atoms with Crippen LogP contribution in [0.5, 0.6) is 0 Å². The highest BCUT2D eigenvalue weighted by atomic mass is 32.2. The van der Waals surface area contributed by atoms with Crippen LogP contribution in [0.25, 0.3) is 11.0 Å². The minimum Gasteiger partial charge on any atom is -0.388 e. The molecule has 4 fully saturated rings. The van der Waals surface area contributed by atoms with Crippen LogP contribution in [0.1, 0.15) is 91.5 Å². The Labute approximate surface area is 351 Å². The van der Waals surface area contributed by atoms with E-state index in [9.17, 15) is 37.5 Å². The predicted octanol–water partition coefficient (Wildman–Crippen LogP) is 3.71. The molecule has 5 aliphatic rings. The van der Waals surface area contributed by atoms with E-state index in [0.29, 0.717) is 74.5 Å². The first kappa shape index (κ1) is 40.8. The van der Waals surface area contributed by atoms with Crippen LogP contribution in [0.2, 0.25) is 0 Å². The number of amides is 4. The van der Waals surface area contributed by atoms with Crippen molar-refractivity contribution in [3.05, 3.63) is 82.0 Å². The van der Waals surface area contributed by atoms with Crippen molar-refractivity contribution in [2.75, 3.05) is 42.9 Å². The Kier molecular flexibility index (Phi) is 10.5. The van der Waals surface area contributed by atoms with Gasteiger partial charge in [-0.15, -0.1) is 0 Å². The molecule has 2 aromatic carbocycles. The molecule has 3 N–H and O–H groups in total. The Balaban J connectivity index is 0.780. The molecule has 6 heterocycles. The van der Waals surface area contributed by atoms with Crippen molar-refractivity contribution in [3.63, 3.8) is 0 Å². The summed E-state index contributed by atoms with van der Waals surface area (Å²) in [4.78, 5) is 77.7. The van der Waals surface area contributed by atoms with Gasteiger partial charge in [-0.2, -0.15) is 4.98 Å². The zero-order chi connectivity index (χ0) is 42.8. The van der Waals surface area contributed by atoms with Gasteiger partial charge in [0.15, 0.2) is 9.84 Å². The van der Waals surface area contributed by atoms with Crippen LogP contribution in [0.15, 0.2) is 64.4 Å². The molecule has 4 amide bonds. The molecule has 3 saturated heterocycles. The highest BCUT2D eigenvalue weighted by Crippen LogP contribution is 2.40. The number of carbonyl (C=O) groups excluding carboxylic acids is 4. The van der Waals surface area contributed by atoms with Crippen molar-refractivity contribution in [1.29, 1.82) is 0 Å². The maximum Gasteiger partial charge on any atom is 0.262 e. The van der Waals surface area contributed by atoms with E-state index in [0.717, 1.165) is 36.8 Å². The van der Waals surface area contributed by atoms with Gasteiger partial charge in [0.05, 0.1) is 38.6 Å². The summed E-state index contributed by atoms with van der Waals surface area (Å²) in [6.45, 7) is 4.85. The van der Waals surface area contributed by atoms with Crippen LogP contribution >= 0.6 is 0 Å². The van der Waals surface area contributed by atoms with Gasteiger partial charge in [-0.1, -0.05) is 0 Å². The normalized spacial score (nSPS) is 24.4. The number of fused-ring (bicyclic) bond motifs is 2. The third kappa shape index (κ3) is 7.58. The Morgan fingerprint density at radius 2 is 1.61 bits per heavy atom. The highest BCUT2D eigenvalue weighted by Gasteiger charge is 2.46. The van der Waals surface area contributed by atoms with Gasteiger partial charge in [0.25, 0.3) is 17.4 Å². The molecule has 4 aliphatic heterocycles. The van der Waals surface area contributed by atoms with Crippen molar-refractivity contribution >= 4 is 61.8 Å². The fourth-order valence-electron chi connectivity index (χ4n) is 9.83. The standard InChI is InChI=1S/C43H47FN8O8S/c1-43(58)16-2-3-35(43)52-37(54)11-4-26-23-45-42(48-38(26)52)46-27-5-7-28(8-6-27)61(59,60)29-14-17-49(18-15-29)24-25-12-19-50(20-13-25)34-22-31-30(21-32(34)44)40(56)51(41(31)57)33-9-10-36(53)47-39(33)55/h4-8,11,21-23,25,29,33,35,58H,2-3,9-10,12-20,24H2,1H3,(H,45,46,48)(H,47,53,55)/t33?,35-,43-/m1/s1. The lowest BCUT2D eigenvalue weighted by atomic mass is 9.94. The molecule has 320 valence electrons. The molecule has 2 aromatic heterocycles. The molecule has 4 aromatic rings. The fourth-order valence-corrected chi connectivity index (χ4v) is 11.6. The molecule has 16 nitrogen and oxygen atoms in total. The summed E-state index contributed by atoms with van der Waals surface area (Å²) < 4.78 is 44.5. The second-order valence-electron chi connectivity index (χ2n) is 17.2. The van der Waals surface area contributed by atoms with Crippen LogP contribution in [-0.4, -0.2) is 111 Å². The number of pyridine rings is 1. The van der Waals surface area contributed by atoms with Gasteiger partial charge in [0.1, 0.15) is 17.5 Å². The number of aromatic nitrogens is 3. The minimum absolute atomic E-state index is 0.00419. The number of hydrogen-bond donors (Lipinski definition) is 3. The first-order valence-corrected chi connectivity index (χ1v) is 22.5. The number of halogens is 1. The number of sulfone groups is 1. The van der Waals surface area contributed by atoms with Crippen molar-refractivity contribution in [1.82, 2.24) is 29.7 Å². The third-order valence-electron chi connectivity index (χ3n) is 13.2. The van der Waals surface area contributed by atoms with Crippen LogP contribution in [0.3, 0.4) is 0 Å². The monoisotopic (exact) mass is 854 g/mol. The number of carbonyl (C=O) groups is 4. The maximum absolute atomic E-state index is 15.5. The van der Waals surface area contributed by atoms with Gasteiger partial charge in [-0.25, -0.2) is 17.8 Å². The summed E-state index contributed by atoms with van der Waals surface area (Å²) in [5, 5.41) is 16.4. The molecule has 9 rings (SSSR count). The largest absolute Gasteiger partial charge is 0.388 e. The number of imide groups is 2. The van der Waals surface area contributed by atoms with Gasteiger partial charge in [0.2, 0.25) is 17.8 Å². The first-order valence-electron chi connectivity index (χ1n) is 20.9. The van der Waals surface area contributed by atoms with Crippen molar-refractivity contribution in [2.24, 2.45) is 5.92 Å². The van der Waals surface area contributed by atoms with Crippen molar-refractivity contribution < 1.29 is 37.1 Å². The topological polar surface area (TPSA) is 204 Å². The van der Waals surface area contributed by atoms with E-state index in [-0.39, 0.29) is 46.1 Å². The zero-order valence-corrected chi connectivity index (χ0v) is 34.5. The van der Waals surface area contributed by atoms with E-state index in [1.165, 1.54) is 12.1 Å². The van der Waals surface area contributed by atoms with E-state index in [1.807, 2.05) is 4.90 Å². The van der Waals surface area contributed by atoms with Crippen molar-refractivity contribution in [2.45, 2.75) is 92.5 Å². The van der Waals surface area contributed by atoms with E-state index in [1.54, 1.807) is 48.0 Å². The number of hydrogen-bond acceptors (Lipinski definition) is 13. The Morgan fingerprint density at radius 3 is 2.28 bits per heavy atom. The second-order valence-corrected chi connectivity index (χ2v) is 19.4. The molecule has 1 unspecified atom stereocenters. The third-order valence-corrected chi connectivity index (χ3v) is 15.5. The molecule has 0 bridgehead atoms. The molecule has 1 aliphatic carbocycles. The lowest BCUT2D eigenvalue weighted by Crippen LogP contribution is -2.54. The number of piperidine rings is 3. The molecule has 0 spiro atoms. The molecule has 0 radical (unpaired) electrons. The number of likely N-dealkylation sites (tertiary alicyclic amines) is 1. The predicted molar refractivity (Wildman–Crippen MR) is 222 cm³/mol. The number of benzene rings is 2. The Hall–Kier alpha value is -5.59. The number of rotatable bonds is 9. The molecule has 3 atom stereocenters. The molecule has 61 heavy (non-hydrogen) atoms. The van der Waals surface area contributed by atoms with Gasteiger partial charge < -0.3 is 20.2 Å². The second kappa shape index (κ2) is 15.7. The SMILES string of the molecule is C[C@@]1(O)CCC[C@H]1n1c(=O)ccc2cnc(Nc3ccc(S(=O)(=O)C4CCN(CC5CCN(c6cc7c(cc6F)C(=O)N(C6CCC(=O)NC6=O)C7=O)CC5)CC4)cc3)nc21. The van der Waals surface area contributed by atoms with Gasteiger partial charge in [0, 0.05) is 49.4 Å². The van der Waals surface area contributed by atoms with E-state index in [4.69, 9.17) is 0 Å². The number of aliphatic hydroxyl groups is 1. The van der Waals surface area contributed by atoms with Gasteiger partial charge in [-0.05, 0) is 120 Å². The number of anilines is 3. The summed E-state index contributed by atoms with van der Waals surface area (Å²) in [7, 11) is -3.61. The first-order chi connectivity index (χ1) is 29.2. The van der Waals surface area contributed by atoms with E-state index in [2.05, 4.69) is 25.5 Å². The lowest BCUT2D eigenvalue weighted by molar-refractivity contribution is -0.136. The van der Waals surface area contributed by atoms with Crippen LogP contribution in [0, 0.1) is 11.7 Å². The molecule has 18 heteroatoms. The number of nitrogens with zero attached hydrogens (tertiary/aromatic N) is 6. The Morgan fingerprint density at radius 1 is 0.902 bits per heavy atom. The molecular weight excluding hydrogens is 808 g/mol. The smallest absolute Gasteiger partial charge is 0.262 e. The van der Waals surface area contributed by atoms with Gasteiger partial charge >= 0.3 is 0 Å². The summed E-state index contributed by atoms with van der Waals surface area (Å²) in [5.74, 6) is -2.69. The highest BCUT2D eigenvalue weighted by molar-refractivity contribution is 7.92. The maximum atomic E-state index is 15.5. The van der Waals surface area contributed by atoms with E-state index >= 15 is 4.39 Å². The zero-order valence-electron chi connectivity index (χ0n) is 33.7. The van der Waals surface area contributed by atoms with Crippen LogP contribution in [-0.2, 0) is 19.4 Å². The average molecular weight is 855 g/mol. The quantitative estimate of drug-likeness (QED) is 0.206. The van der Waals surface area contributed by atoms with Crippen LogP contribution < -0.4 is 21.1 Å². The van der Waals surface area contributed by atoms with Crippen molar-refractivity contribution in [3.8, 4) is 0 Å². The molecular formula is C43H47FN8O8S. The summed E-state index contributed by atoms with van der Waals surface area (Å²) in [6, 6.07) is 10.6. The summed E-state index contributed by atoms with van der Waals surface area (Å²) >= 11 is 0. The average Bonchev–Trinajstić information content (AvgIpc) is 3.71. The Bertz CT molecular complexity index is 2620. The summed E-state index contributed by atoms with van der Waals surface area (Å²) in [5.41, 5.74) is -0.118. The number of nitrogens with one attached hydrogen (secondary N) is 2. The van der Waals surface area contributed by atoms with Crippen LogP contribution in [0.4, 0.5) is 21.7 Å². The lowest BCUT2D eigenvalue weighted by Gasteiger charge is -2.38. The summed E-state index contributed by atoms with van der Waals surface area (Å²) in [6.07, 6.45) is 6.17.